The Balaban J connectivity index is 2.79. The second-order valence-electron chi connectivity index (χ2n) is 1.85. The highest BCUT2D eigenvalue weighted by Crippen LogP contribution is 2.12. The van der Waals surface area contributed by atoms with Gasteiger partial charge in [-0.15, -0.1) is 11.3 Å². The Kier molecular flexibility index (Phi) is 1.27. The van der Waals surface area contributed by atoms with Gasteiger partial charge >= 0.3 is 0 Å². The van der Waals surface area contributed by atoms with E-state index in [1.807, 2.05) is 6.07 Å². The first-order chi connectivity index (χ1) is 5.40. The van der Waals surface area contributed by atoms with Crippen LogP contribution in [0.25, 0.3) is 10.3 Å². The van der Waals surface area contributed by atoms with Crippen molar-refractivity contribution >= 4 is 21.7 Å². The summed E-state index contributed by atoms with van der Waals surface area (Å²) in [6.45, 7) is 0. The van der Waals surface area contributed by atoms with E-state index in [0.29, 0.717) is 5.65 Å². The molecule has 0 radical (unpaired) electrons. The molecule has 0 aliphatic heterocycles. The molecule has 5 heteroatoms. The summed E-state index contributed by atoms with van der Waals surface area (Å²) >= 11 is 1.46. The van der Waals surface area contributed by atoms with Gasteiger partial charge in [0.2, 0.25) is 5.82 Å². The number of nitrogens with zero attached hydrogens (tertiary/aromatic N) is 4. The molecule has 0 atom stereocenters. The first-order valence-corrected chi connectivity index (χ1v) is 3.74. The van der Waals surface area contributed by atoms with Crippen LogP contribution in [0.1, 0.15) is 5.82 Å². The van der Waals surface area contributed by atoms with Crippen LogP contribution in [-0.4, -0.2) is 15.0 Å². The van der Waals surface area contributed by atoms with Gasteiger partial charge in [0.25, 0.3) is 0 Å². The van der Waals surface area contributed by atoms with Crippen LogP contribution in [-0.2, 0) is 0 Å². The fourth-order valence-corrected chi connectivity index (χ4v) is 1.31. The number of nitriles is 1. The lowest BCUT2D eigenvalue weighted by Crippen LogP contribution is -1.86. The van der Waals surface area contributed by atoms with Gasteiger partial charge in [-0.2, -0.15) is 10.2 Å². The standard InChI is InChI=1S/C6H2N4S/c7-1-5-8-2-4-6(10-5)9-3-11-4/h2-3H. The summed E-state index contributed by atoms with van der Waals surface area (Å²) in [5.74, 6) is 0.170. The Hall–Kier alpha value is -1.54. The third kappa shape index (κ3) is 0.932. The van der Waals surface area contributed by atoms with Crippen molar-refractivity contribution in [3.05, 3.63) is 17.5 Å². The largest absolute Gasteiger partial charge is 0.234 e. The van der Waals surface area contributed by atoms with Crippen molar-refractivity contribution in [3.63, 3.8) is 0 Å². The highest BCUT2D eigenvalue weighted by atomic mass is 32.1. The second-order valence-corrected chi connectivity index (χ2v) is 2.73. The number of hydrogen-bond donors (Lipinski definition) is 0. The topological polar surface area (TPSA) is 62.5 Å². The maximum atomic E-state index is 8.44. The molecule has 2 aromatic rings. The SMILES string of the molecule is N#Cc1ncc2scnc2n1. The van der Waals surface area contributed by atoms with Crippen LogP contribution in [0.2, 0.25) is 0 Å². The Morgan fingerprint density at radius 3 is 3.18 bits per heavy atom. The predicted octanol–water partition coefficient (Wildman–Crippen LogP) is 0.958. The molecule has 2 aromatic heterocycles. The highest BCUT2D eigenvalue weighted by Gasteiger charge is 1.99. The van der Waals surface area contributed by atoms with Crippen LogP contribution in [0.4, 0.5) is 0 Å². The number of thiazole rings is 1. The highest BCUT2D eigenvalue weighted by molar-refractivity contribution is 7.16. The summed E-state index contributed by atoms with van der Waals surface area (Å²) in [4.78, 5) is 11.6. The zero-order valence-corrected chi connectivity index (χ0v) is 6.17. The van der Waals surface area contributed by atoms with E-state index in [9.17, 15) is 0 Å². The molecule has 0 spiro atoms. The van der Waals surface area contributed by atoms with Crippen molar-refractivity contribution in [2.24, 2.45) is 0 Å². The molecule has 2 rings (SSSR count). The van der Waals surface area contributed by atoms with Crippen LogP contribution < -0.4 is 0 Å². The lowest BCUT2D eigenvalue weighted by molar-refractivity contribution is 1.14. The van der Waals surface area contributed by atoms with Crippen LogP contribution >= 0.6 is 11.3 Å². The van der Waals surface area contributed by atoms with Gasteiger partial charge in [-0.25, -0.2) is 9.97 Å². The summed E-state index contributed by atoms with van der Waals surface area (Å²) in [5.41, 5.74) is 2.28. The van der Waals surface area contributed by atoms with E-state index in [4.69, 9.17) is 5.26 Å². The molecular formula is C6H2N4S. The Bertz CT molecular complexity index is 427. The normalized spacial score (nSPS) is 9.73. The van der Waals surface area contributed by atoms with E-state index in [-0.39, 0.29) is 5.82 Å². The Morgan fingerprint density at radius 1 is 1.45 bits per heavy atom. The van der Waals surface area contributed by atoms with E-state index in [0.717, 1.165) is 4.70 Å². The number of hydrogen-bond acceptors (Lipinski definition) is 5. The molecule has 11 heavy (non-hydrogen) atoms. The quantitative estimate of drug-likeness (QED) is 0.578. The summed E-state index contributed by atoms with van der Waals surface area (Å²) in [6, 6.07) is 1.85. The molecule has 0 bridgehead atoms. The predicted molar refractivity (Wildman–Crippen MR) is 39.9 cm³/mol. The summed E-state index contributed by atoms with van der Waals surface area (Å²) in [7, 11) is 0. The monoisotopic (exact) mass is 162 g/mol. The molecule has 0 aromatic carbocycles. The van der Waals surface area contributed by atoms with Crippen LogP contribution in [0, 0.1) is 11.3 Å². The molecule has 0 saturated carbocycles. The van der Waals surface area contributed by atoms with Gasteiger partial charge < -0.3 is 0 Å². The van der Waals surface area contributed by atoms with E-state index >= 15 is 0 Å². The van der Waals surface area contributed by atoms with Crippen LogP contribution in [0.3, 0.4) is 0 Å². The van der Waals surface area contributed by atoms with Crippen molar-refractivity contribution in [1.82, 2.24) is 15.0 Å². The molecule has 0 amide bonds. The first-order valence-electron chi connectivity index (χ1n) is 2.86. The van der Waals surface area contributed by atoms with Gasteiger partial charge in [0.15, 0.2) is 5.65 Å². The third-order valence-corrected chi connectivity index (χ3v) is 1.94. The summed E-state index contributed by atoms with van der Waals surface area (Å²) in [5, 5.41) is 8.44. The summed E-state index contributed by atoms with van der Waals surface area (Å²) in [6.07, 6.45) is 1.61. The van der Waals surface area contributed by atoms with Crippen molar-refractivity contribution < 1.29 is 0 Å². The third-order valence-electron chi connectivity index (χ3n) is 1.19. The van der Waals surface area contributed by atoms with E-state index in [2.05, 4.69) is 15.0 Å². The number of aromatic nitrogens is 3. The van der Waals surface area contributed by atoms with Gasteiger partial charge in [-0.05, 0) is 0 Å². The lowest BCUT2D eigenvalue weighted by atomic mass is 10.6. The summed E-state index contributed by atoms with van der Waals surface area (Å²) < 4.78 is 0.906. The van der Waals surface area contributed by atoms with E-state index in [1.54, 1.807) is 11.7 Å². The zero-order chi connectivity index (χ0) is 7.68. The molecule has 0 N–H and O–H groups in total. The van der Waals surface area contributed by atoms with Gasteiger partial charge in [0.05, 0.1) is 16.4 Å². The molecule has 4 nitrogen and oxygen atoms in total. The molecule has 0 fully saturated rings. The van der Waals surface area contributed by atoms with Crippen molar-refractivity contribution in [3.8, 4) is 6.07 Å². The van der Waals surface area contributed by atoms with Crippen molar-refractivity contribution in [2.75, 3.05) is 0 Å². The zero-order valence-electron chi connectivity index (χ0n) is 5.35. The second kappa shape index (κ2) is 2.25. The van der Waals surface area contributed by atoms with Gasteiger partial charge in [-0.1, -0.05) is 0 Å². The average Bonchev–Trinajstić information content (AvgIpc) is 2.50. The minimum atomic E-state index is 0.170. The first kappa shape index (κ1) is 6.19. The number of rotatable bonds is 0. The molecule has 0 saturated heterocycles. The fourth-order valence-electron chi connectivity index (χ4n) is 0.724. The maximum Gasteiger partial charge on any atom is 0.234 e. The molecule has 2 heterocycles. The fraction of sp³-hybridized carbons (Fsp3) is 0. The lowest BCUT2D eigenvalue weighted by Gasteiger charge is -1.85. The van der Waals surface area contributed by atoms with Gasteiger partial charge in [0.1, 0.15) is 6.07 Å². The smallest absolute Gasteiger partial charge is 0.226 e. The minimum absolute atomic E-state index is 0.170. The molecule has 0 aliphatic carbocycles. The van der Waals surface area contributed by atoms with Crippen molar-refractivity contribution in [1.29, 1.82) is 5.26 Å². The molecule has 0 aliphatic rings. The minimum Gasteiger partial charge on any atom is -0.226 e. The van der Waals surface area contributed by atoms with Gasteiger partial charge in [0, 0.05) is 0 Å². The molecular weight excluding hydrogens is 160 g/mol. The van der Waals surface area contributed by atoms with E-state index < -0.39 is 0 Å². The van der Waals surface area contributed by atoms with Crippen LogP contribution in [0.15, 0.2) is 11.7 Å². The Morgan fingerprint density at radius 2 is 2.36 bits per heavy atom. The molecule has 52 valence electrons. The Labute approximate surface area is 66.2 Å². The van der Waals surface area contributed by atoms with Crippen LogP contribution in [0.5, 0.6) is 0 Å². The number of fused-ring (bicyclic) bond motifs is 1. The van der Waals surface area contributed by atoms with Gasteiger partial charge in [-0.3, -0.25) is 0 Å². The average molecular weight is 162 g/mol. The van der Waals surface area contributed by atoms with E-state index in [1.165, 1.54) is 11.3 Å². The molecule has 0 unspecified atom stereocenters. The van der Waals surface area contributed by atoms with Crippen molar-refractivity contribution in [2.45, 2.75) is 0 Å². The maximum absolute atomic E-state index is 8.44.